The predicted molar refractivity (Wildman–Crippen MR) is 111 cm³/mol. The van der Waals surface area contributed by atoms with Crippen molar-refractivity contribution >= 4 is 16.8 Å². The van der Waals surface area contributed by atoms with E-state index in [0.717, 1.165) is 31.2 Å². The molecule has 2 aromatic carbocycles. The van der Waals surface area contributed by atoms with Crippen molar-refractivity contribution in [2.45, 2.75) is 44.1 Å². The van der Waals surface area contributed by atoms with E-state index in [4.69, 9.17) is 0 Å². The van der Waals surface area contributed by atoms with E-state index in [0.29, 0.717) is 24.0 Å². The Balaban J connectivity index is 1.32. The Labute approximate surface area is 169 Å². The summed E-state index contributed by atoms with van der Waals surface area (Å²) >= 11 is 0. The zero-order valence-corrected chi connectivity index (χ0v) is 16.5. The average molecular weight is 388 g/mol. The molecule has 0 atom stereocenters. The minimum atomic E-state index is -0.333. The SMILES string of the molecule is Cc1ccc(C2(C(=O)N3CCC(n4nnc5ccccc5c4=O)CC3)CC2)cc1. The third-order valence-corrected chi connectivity index (χ3v) is 6.45. The lowest BCUT2D eigenvalue weighted by Crippen LogP contribution is -2.45. The van der Waals surface area contributed by atoms with Crippen molar-refractivity contribution in [1.29, 1.82) is 0 Å². The number of likely N-dealkylation sites (tertiary alicyclic amines) is 1. The molecule has 0 N–H and O–H groups in total. The number of piperidine rings is 1. The topological polar surface area (TPSA) is 68.1 Å². The standard InChI is InChI=1S/C23H24N4O2/c1-16-6-8-17(9-7-16)23(12-13-23)22(29)26-14-10-18(11-15-26)27-21(28)19-4-2-3-5-20(19)24-25-27/h2-9,18H,10-15H2,1H3. The zero-order chi connectivity index (χ0) is 20.0. The molecular weight excluding hydrogens is 364 g/mol. The van der Waals surface area contributed by atoms with Crippen LogP contribution in [0, 0.1) is 6.92 Å². The largest absolute Gasteiger partial charge is 0.342 e. The molecular formula is C23H24N4O2. The van der Waals surface area contributed by atoms with Gasteiger partial charge in [-0.25, -0.2) is 4.68 Å². The van der Waals surface area contributed by atoms with E-state index >= 15 is 0 Å². The van der Waals surface area contributed by atoms with Crippen molar-refractivity contribution in [2.24, 2.45) is 0 Å². The van der Waals surface area contributed by atoms with Gasteiger partial charge in [0.2, 0.25) is 5.91 Å². The highest BCUT2D eigenvalue weighted by Crippen LogP contribution is 2.50. The number of carbonyl (C=O) groups is 1. The highest BCUT2D eigenvalue weighted by atomic mass is 16.2. The fourth-order valence-electron chi connectivity index (χ4n) is 4.48. The second-order valence-electron chi connectivity index (χ2n) is 8.33. The van der Waals surface area contributed by atoms with Gasteiger partial charge in [0.25, 0.3) is 5.56 Å². The van der Waals surface area contributed by atoms with Crippen LogP contribution in [-0.4, -0.2) is 38.9 Å². The molecule has 0 radical (unpaired) electrons. The molecule has 1 aliphatic heterocycles. The van der Waals surface area contributed by atoms with E-state index in [9.17, 15) is 9.59 Å². The van der Waals surface area contributed by atoms with Gasteiger partial charge in [0, 0.05) is 13.1 Å². The summed E-state index contributed by atoms with van der Waals surface area (Å²) in [6.07, 6.45) is 3.29. The lowest BCUT2D eigenvalue weighted by atomic mass is 9.92. The smallest absolute Gasteiger partial charge is 0.277 e. The normalized spacial score (nSPS) is 18.7. The number of hydrogen-bond donors (Lipinski definition) is 0. The Morgan fingerprint density at radius 1 is 1.03 bits per heavy atom. The van der Waals surface area contributed by atoms with Gasteiger partial charge in [0.1, 0.15) is 5.52 Å². The number of amides is 1. The highest BCUT2D eigenvalue weighted by Gasteiger charge is 2.53. The quantitative estimate of drug-likeness (QED) is 0.692. The maximum Gasteiger partial charge on any atom is 0.277 e. The van der Waals surface area contributed by atoms with Gasteiger partial charge in [-0.05, 0) is 50.3 Å². The van der Waals surface area contributed by atoms with E-state index in [1.807, 2.05) is 17.0 Å². The van der Waals surface area contributed by atoms with Crippen molar-refractivity contribution in [3.8, 4) is 0 Å². The van der Waals surface area contributed by atoms with Crippen LogP contribution in [0.2, 0.25) is 0 Å². The van der Waals surface area contributed by atoms with Gasteiger partial charge in [-0.2, -0.15) is 0 Å². The predicted octanol–water partition coefficient (Wildman–Crippen LogP) is 3.00. The molecule has 0 bridgehead atoms. The van der Waals surface area contributed by atoms with Gasteiger partial charge in [-0.3, -0.25) is 9.59 Å². The molecule has 6 heteroatoms. The van der Waals surface area contributed by atoms with E-state index in [1.54, 1.807) is 12.1 Å². The van der Waals surface area contributed by atoms with Gasteiger partial charge < -0.3 is 4.90 Å². The Hall–Kier alpha value is -3.02. The Kier molecular flexibility index (Phi) is 4.23. The summed E-state index contributed by atoms with van der Waals surface area (Å²) in [6, 6.07) is 15.6. The van der Waals surface area contributed by atoms with Gasteiger partial charge in [-0.1, -0.05) is 47.2 Å². The molecule has 5 rings (SSSR count). The van der Waals surface area contributed by atoms with E-state index in [1.165, 1.54) is 10.2 Å². The number of benzene rings is 2. The monoisotopic (exact) mass is 388 g/mol. The molecule has 148 valence electrons. The molecule has 1 saturated carbocycles. The molecule has 2 heterocycles. The molecule has 1 aromatic heterocycles. The fraction of sp³-hybridized carbons (Fsp3) is 0.391. The number of nitrogens with zero attached hydrogens (tertiary/aromatic N) is 4. The minimum Gasteiger partial charge on any atom is -0.342 e. The van der Waals surface area contributed by atoms with E-state index < -0.39 is 0 Å². The number of fused-ring (bicyclic) bond motifs is 1. The highest BCUT2D eigenvalue weighted by molar-refractivity contribution is 5.91. The zero-order valence-electron chi connectivity index (χ0n) is 16.5. The van der Waals surface area contributed by atoms with Crippen LogP contribution in [0.4, 0.5) is 0 Å². The first-order chi connectivity index (χ1) is 14.1. The summed E-state index contributed by atoms with van der Waals surface area (Å²) in [7, 11) is 0. The maximum atomic E-state index is 13.3. The summed E-state index contributed by atoms with van der Waals surface area (Å²) in [6.45, 7) is 3.36. The number of carbonyl (C=O) groups excluding carboxylic acids is 1. The first-order valence-electron chi connectivity index (χ1n) is 10.3. The summed E-state index contributed by atoms with van der Waals surface area (Å²) in [5.74, 6) is 0.233. The molecule has 1 saturated heterocycles. The molecule has 29 heavy (non-hydrogen) atoms. The van der Waals surface area contributed by atoms with Crippen LogP contribution in [-0.2, 0) is 10.2 Å². The van der Waals surface area contributed by atoms with Crippen molar-refractivity contribution in [3.63, 3.8) is 0 Å². The second-order valence-corrected chi connectivity index (χ2v) is 8.33. The third kappa shape index (κ3) is 3.03. The lowest BCUT2D eigenvalue weighted by Gasteiger charge is -2.34. The van der Waals surface area contributed by atoms with Gasteiger partial charge in [0.05, 0.1) is 16.8 Å². The van der Waals surface area contributed by atoms with Gasteiger partial charge in [-0.15, -0.1) is 5.10 Å². The van der Waals surface area contributed by atoms with Crippen LogP contribution >= 0.6 is 0 Å². The second kappa shape index (κ2) is 6.79. The molecule has 2 fully saturated rings. The van der Waals surface area contributed by atoms with E-state index in [-0.39, 0.29) is 22.9 Å². The molecule has 2 aliphatic rings. The van der Waals surface area contributed by atoms with E-state index in [2.05, 4.69) is 41.5 Å². The van der Waals surface area contributed by atoms with Gasteiger partial charge in [0.15, 0.2) is 0 Å². The molecule has 1 amide bonds. The van der Waals surface area contributed by atoms with Crippen molar-refractivity contribution in [2.75, 3.05) is 13.1 Å². The van der Waals surface area contributed by atoms with Crippen LogP contribution in [0.15, 0.2) is 53.3 Å². The molecule has 6 nitrogen and oxygen atoms in total. The van der Waals surface area contributed by atoms with Crippen LogP contribution in [0.5, 0.6) is 0 Å². The fourth-order valence-corrected chi connectivity index (χ4v) is 4.48. The summed E-state index contributed by atoms with van der Waals surface area (Å²) < 4.78 is 1.51. The summed E-state index contributed by atoms with van der Waals surface area (Å²) in [5, 5.41) is 8.96. The molecule has 1 aliphatic carbocycles. The first kappa shape index (κ1) is 18.0. The van der Waals surface area contributed by atoms with Crippen LogP contribution in [0.1, 0.15) is 42.9 Å². The number of aromatic nitrogens is 3. The molecule has 0 unspecified atom stereocenters. The Bertz CT molecular complexity index is 1120. The Morgan fingerprint density at radius 2 is 1.72 bits per heavy atom. The van der Waals surface area contributed by atoms with Crippen molar-refractivity contribution < 1.29 is 4.79 Å². The Morgan fingerprint density at radius 3 is 2.41 bits per heavy atom. The van der Waals surface area contributed by atoms with Crippen LogP contribution in [0.3, 0.4) is 0 Å². The van der Waals surface area contributed by atoms with Crippen LogP contribution < -0.4 is 5.56 Å². The number of hydrogen-bond acceptors (Lipinski definition) is 4. The molecule has 0 spiro atoms. The third-order valence-electron chi connectivity index (χ3n) is 6.45. The van der Waals surface area contributed by atoms with Crippen molar-refractivity contribution in [3.05, 3.63) is 70.0 Å². The summed E-state index contributed by atoms with van der Waals surface area (Å²) in [4.78, 5) is 28.1. The van der Waals surface area contributed by atoms with Gasteiger partial charge >= 0.3 is 0 Å². The van der Waals surface area contributed by atoms with Crippen molar-refractivity contribution in [1.82, 2.24) is 19.9 Å². The first-order valence-corrected chi connectivity index (χ1v) is 10.3. The number of aryl methyl sites for hydroxylation is 1. The summed E-state index contributed by atoms with van der Waals surface area (Å²) in [5.41, 5.74) is 2.53. The molecule has 3 aromatic rings. The van der Waals surface area contributed by atoms with Crippen LogP contribution in [0.25, 0.3) is 10.9 Å². The number of rotatable bonds is 3. The lowest BCUT2D eigenvalue weighted by molar-refractivity contribution is -0.135. The average Bonchev–Trinajstić information content (AvgIpc) is 3.56. The minimum absolute atomic E-state index is 0.0156. The maximum absolute atomic E-state index is 13.3.